The lowest BCUT2D eigenvalue weighted by atomic mass is 10.4. The van der Waals surface area contributed by atoms with Gasteiger partial charge in [0, 0.05) is 6.54 Å². The number of nitrogens with one attached hydrogen (secondary N) is 1. The second-order valence-corrected chi connectivity index (χ2v) is 3.14. The predicted octanol–water partition coefficient (Wildman–Crippen LogP) is -0.700. The molecule has 0 aliphatic heterocycles. The number of hydrogen-bond acceptors (Lipinski definition) is 5. The van der Waals surface area contributed by atoms with E-state index >= 15 is 0 Å². The Hall–Kier alpha value is -0.400. The molecule has 0 saturated heterocycles. The molecule has 3 N–H and O–H groups in total. The van der Waals surface area contributed by atoms with Crippen molar-refractivity contribution in [3.63, 3.8) is 0 Å². The van der Waals surface area contributed by atoms with Gasteiger partial charge in [0.05, 0.1) is 0 Å². The van der Waals surface area contributed by atoms with Crippen molar-refractivity contribution in [3.8, 4) is 0 Å². The molecule has 0 amide bonds. The number of thiol groups is 2. The highest BCUT2D eigenvalue weighted by atomic mass is 32.1. The van der Waals surface area contributed by atoms with Gasteiger partial charge in [-0.05, 0) is 0 Å². The van der Waals surface area contributed by atoms with Crippen LogP contribution < -0.4 is 5.32 Å². The molecule has 0 spiro atoms. The summed E-state index contributed by atoms with van der Waals surface area (Å²) < 4.78 is 0. The summed E-state index contributed by atoms with van der Waals surface area (Å²) in [6, 6.07) is 0. The van der Waals surface area contributed by atoms with E-state index in [0.29, 0.717) is 0 Å². The molecule has 12 heavy (non-hydrogen) atoms. The van der Waals surface area contributed by atoms with Crippen molar-refractivity contribution in [1.82, 2.24) is 5.32 Å². The van der Waals surface area contributed by atoms with Crippen LogP contribution in [-0.2, 0) is 9.59 Å². The van der Waals surface area contributed by atoms with Crippen LogP contribution in [-0.4, -0.2) is 39.3 Å². The van der Waals surface area contributed by atoms with Gasteiger partial charge >= 0.3 is 11.9 Å². The number of aliphatic carboxylic acids is 2. The quantitative estimate of drug-likeness (QED) is 0.307. The van der Waals surface area contributed by atoms with E-state index in [2.05, 4.69) is 30.6 Å². The molecule has 0 fully saturated rings. The molecular formula is C5H9NO4S2. The maximum absolute atomic E-state index is 10.2. The Labute approximate surface area is 80.0 Å². The molecule has 0 saturated carbocycles. The summed E-state index contributed by atoms with van der Waals surface area (Å²) in [5.74, 6) is -2.25. The number of rotatable bonds is 5. The third-order valence-electron chi connectivity index (χ3n) is 1.02. The molecule has 0 radical (unpaired) electrons. The average molecular weight is 211 g/mol. The number of carbonyl (C=O) groups is 2. The summed E-state index contributed by atoms with van der Waals surface area (Å²) in [6.07, 6.45) is 0. The van der Waals surface area contributed by atoms with Gasteiger partial charge in [-0.25, -0.2) is 4.79 Å². The highest BCUT2D eigenvalue weighted by molar-refractivity contribution is 7.82. The van der Waals surface area contributed by atoms with Crippen LogP contribution in [0.1, 0.15) is 0 Å². The van der Waals surface area contributed by atoms with Crippen LogP contribution in [0.2, 0.25) is 0 Å². The van der Waals surface area contributed by atoms with E-state index in [4.69, 9.17) is 10.2 Å². The minimum absolute atomic E-state index is 0.0427. The van der Waals surface area contributed by atoms with Gasteiger partial charge in [0.15, 0.2) is 0 Å². The molecular weight excluding hydrogens is 202 g/mol. The van der Waals surface area contributed by atoms with E-state index in [1.807, 2.05) is 0 Å². The SMILES string of the molecule is O=C(O)C(S)CNC(S)C(=O)O. The fourth-order valence-electron chi connectivity index (χ4n) is 0.398. The molecule has 5 nitrogen and oxygen atoms in total. The summed E-state index contributed by atoms with van der Waals surface area (Å²) >= 11 is 7.31. The lowest BCUT2D eigenvalue weighted by molar-refractivity contribution is -0.138. The minimum Gasteiger partial charge on any atom is -0.480 e. The van der Waals surface area contributed by atoms with Crippen molar-refractivity contribution in [2.24, 2.45) is 0 Å². The zero-order valence-electron chi connectivity index (χ0n) is 5.97. The third-order valence-corrected chi connectivity index (χ3v) is 1.83. The van der Waals surface area contributed by atoms with Crippen molar-refractivity contribution >= 4 is 37.2 Å². The summed E-state index contributed by atoms with van der Waals surface area (Å²) in [5, 5.41) is 17.1. The first kappa shape index (κ1) is 11.6. The van der Waals surface area contributed by atoms with Crippen molar-refractivity contribution in [2.45, 2.75) is 10.6 Å². The Morgan fingerprint density at radius 1 is 1.25 bits per heavy atom. The van der Waals surface area contributed by atoms with Crippen LogP contribution in [0.3, 0.4) is 0 Å². The van der Waals surface area contributed by atoms with E-state index in [-0.39, 0.29) is 6.54 Å². The van der Waals surface area contributed by atoms with E-state index in [0.717, 1.165) is 0 Å². The van der Waals surface area contributed by atoms with Crippen molar-refractivity contribution in [1.29, 1.82) is 0 Å². The van der Waals surface area contributed by atoms with Crippen molar-refractivity contribution in [3.05, 3.63) is 0 Å². The van der Waals surface area contributed by atoms with Crippen molar-refractivity contribution in [2.75, 3.05) is 6.54 Å². The summed E-state index contributed by atoms with van der Waals surface area (Å²) in [5.41, 5.74) is 0. The first-order valence-electron chi connectivity index (χ1n) is 3.00. The largest absolute Gasteiger partial charge is 0.480 e. The Balaban J connectivity index is 3.68. The predicted molar refractivity (Wildman–Crippen MR) is 48.8 cm³/mol. The van der Waals surface area contributed by atoms with Crippen molar-refractivity contribution < 1.29 is 19.8 Å². The highest BCUT2D eigenvalue weighted by Gasteiger charge is 2.16. The third kappa shape index (κ3) is 4.47. The van der Waals surface area contributed by atoms with Crippen LogP contribution in [0.15, 0.2) is 0 Å². The van der Waals surface area contributed by atoms with Crippen LogP contribution in [0.25, 0.3) is 0 Å². The molecule has 0 bridgehead atoms. The lowest BCUT2D eigenvalue weighted by Crippen LogP contribution is -2.38. The van der Waals surface area contributed by atoms with Gasteiger partial charge in [0.1, 0.15) is 10.6 Å². The van der Waals surface area contributed by atoms with Gasteiger partial charge in [-0.2, -0.15) is 12.6 Å². The van der Waals surface area contributed by atoms with E-state index in [1.54, 1.807) is 0 Å². The molecule has 0 aromatic rings. The average Bonchev–Trinajstić information content (AvgIpc) is 1.98. The summed E-state index contributed by atoms with van der Waals surface area (Å²) in [4.78, 5) is 20.4. The maximum Gasteiger partial charge on any atom is 0.330 e. The smallest absolute Gasteiger partial charge is 0.330 e. The molecule has 2 atom stereocenters. The van der Waals surface area contributed by atoms with E-state index in [9.17, 15) is 9.59 Å². The molecule has 0 aliphatic carbocycles. The van der Waals surface area contributed by atoms with Gasteiger partial charge < -0.3 is 10.2 Å². The monoisotopic (exact) mass is 211 g/mol. The molecule has 70 valence electrons. The molecule has 0 rings (SSSR count). The molecule has 7 heteroatoms. The molecule has 0 heterocycles. The van der Waals surface area contributed by atoms with Gasteiger partial charge in [-0.15, -0.1) is 12.6 Å². The standard InChI is InChI=1S/C5H9NO4S2/c7-4(8)2(11)1-6-3(12)5(9)10/h2-3,6,11-12H,1H2,(H,7,8)(H,9,10). The topological polar surface area (TPSA) is 86.6 Å². The molecule has 0 aromatic heterocycles. The first-order valence-corrected chi connectivity index (χ1v) is 4.03. The van der Waals surface area contributed by atoms with Crippen LogP contribution >= 0.6 is 25.3 Å². The second-order valence-electron chi connectivity index (χ2n) is 2.00. The zero-order valence-corrected chi connectivity index (χ0v) is 7.76. The number of carboxylic acids is 2. The maximum atomic E-state index is 10.2. The molecule has 0 aromatic carbocycles. The number of hydrogen-bond donors (Lipinski definition) is 5. The highest BCUT2D eigenvalue weighted by Crippen LogP contribution is 1.95. The van der Waals surface area contributed by atoms with E-state index in [1.165, 1.54) is 0 Å². The van der Waals surface area contributed by atoms with Gasteiger partial charge in [0.25, 0.3) is 0 Å². The summed E-state index contributed by atoms with van der Waals surface area (Å²) in [6.45, 7) is -0.0427. The first-order chi connectivity index (χ1) is 5.45. The Morgan fingerprint density at radius 2 is 1.75 bits per heavy atom. The van der Waals surface area contributed by atoms with E-state index < -0.39 is 22.6 Å². The fraction of sp³-hybridized carbons (Fsp3) is 0.600. The van der Waals surface area contributed by atoms with Gasteiger partial charge in [0.2, 0.25) is 0 Å². The van der Waals surface area contributed by atoms with Crippen LogP contribution in [0.4, 0.5) is 0 Å². The number of carboxylic acid groups (broad SMARTS) is 2. The van der Waals surface area contributed by atoms with Gasteiger partial charge in [-0.3, -0.25) is 10.1 Å². The van der Waals surface area contributed by atoms with Gasteiger partial charge in [-0.1, -0.05) is 0 Å². The minimum atomic E-state index is -1.15. The van der Waals surface area contributed by atoms with Crippen LogP contribution in [0.5, 0.6) is 0 Å². The Kier molecular flexibility index (Phi) is 5.11. The normalized spacial score (nSPS) is 15.2. The Morgan fingerprint density at radius 3 is 2.08 bits per heavy atom. The lowest BCUT2D eigenvalue weighted by Gasteiger charge is -2.09. The fourth-order valence-corrected chi connectivity index (χ4v) is 0.609. The second kappa shape index (κ2) is 5.28. The molecule has 2 unspecified atom stereocenters. The zero-order chi connectivity index (χ0) is 9.72. The van der Waals surface area contributed by atoms with Crippen LogP contribution in [0, 0.1) is 0 Å². The summed E-state index contributed by atoms with van der Waals surface area (Å²) in [7, 11) is 0. The Bertz CT molecular complexity index is 166. The molecule has 0 aliphatic rings.